The van der Waals surface area contributed by atoms with Gasteiger partial charge in [0.05, 0.1) is 5.60 Å². The molecular formula is C18H37NO3. The summed E-state index contributed by atoms with van der Waals surface area (Å²) in [5.74, 6) is 0.183. The number of carbonyl (C=O) groups excluding carboxylic acids is 1. The monoisotopic (exact) mass is 315 g/mol. The van der Waals surface area contributed by atoms with Crippen molar-refractivity contribution in [2.45, 2.75) is 84.8 Å². The van der Waals surface area contributed by atoms with Gasteiger partial charge in [-0.1, -0.05) is 0 Å². The summed E-state index contributed by atoms with van der Waals surface area (Å²) < 4.78 is 11.1. The van der Waals surface area contributed by atoms with E-state index in [0.717, 1.165) is 45.4 Å². The predicted molar refractivity (Wildman–Crippen MR) is 92.4 cm³/mol. The van der Waals surface area contributed by atoms with Crippen LogP contribution in [-0.4, -0.2) is 43.3 Å². The first-order valence-electron chi connectivity index (χ1n) is 8.58. The normalized spacial score (nSPS) is 12.6. The number of Topliss-reactive ketones (excluding diaryl/α,β-unsaturated/α-hetero) is 1. The number of hydrogen-bond acceptors (Lipinski definition) is 4. The lowest BCUT2D eigenvalue weighted by atomic mass is 10.1. The minimum atomic E-state index is -0.235. The quantitative estimate of drug-likeness (QED) is 0.558. The third-order valence-corrected chi connectivity index (χ3v) is 3.03. The molecule has 0 radical (unpaired) electrons. The zero-order valence-corrected chi connectivity index (χ0v) is 15.6. The molecule has 0 aliphatic rings. The highest BCUT2D eigenvalue weighted by Crippen LogP contribution is 2.07. The summed E-state index contributed by atoms with van der Waals surface area (Å²) in [6.07, 6.45) is 4.65. The van der Waals surface area contributed by atoms with Crippen LogP contribution >= 0.6 is 0 Å². The Morgan fingerprint density at radius 1 is 0.909 bits per heavy atom. The van der Waals surface area contributed by atoms with Crippen molar-refractivity contribution in [3.8, 4) is 0 Å². The molecule has 4 nitrogen and oxygen atoms in total. The average Bonchev–Trinajstić information content (AvgIpc) is 2.36. The van der Waals surface area contributed by atoms with E-state index in [9.17, 15) is 4.79 Å². The van der Waals surface area contributed by atoms with Crippen LogP contribution in [0.5, 0.6) is 0 Å². The van der Waals surface area contributed by atoms with Gasteiger partial charge < -0.3 is 14.8 Å². The highest BCUT2D eigenvalue weighted by molar-refractivity contribution is 5.79. The second kappa shape index (κ2) is 11.1. The summed E-state index contributed by atoms with van der Waals surface area (Å²) in [6, 6.07) is 0. The van der Waals surface area contributed by atoms with Crippen LogP contribution in [0.15, 0.2) is 0 Å². The first-order chi connectivity index (χ1) is 10.1. The smallest absolute Gasteiger partial charge is 0.158 e. The fourth-order valence-corrected chi connectivity index (χ4v) is 1.79. The van der Waals surface area contributed by atoms with Crippen molar-refractivity contribution in [2.24, 2.45) is 0 Å². The standard InChI is InChI=1S/C18H37NO3/c1-17(2,3)19-12-8-10-14-21-13-9-7-11-16(20)15-22-18(4,5)6/h19H,7-15H2,1-6H3. The van der Waals surface area contributed by atoms with E-state index in [1.54, 1.807) is 0 Å². The number of carbonyl (C=O) groups is 1. The van der Waals surface area contributed by atoms with Crippen molar-refractivity contribution < 1.29 is 14.3 Å². The van der Waals surface area contributed by atoms with Gasteiger partial charge in [0.2, 0.25) is 0 Å². The predicted octanol–water partition coefficient (Wildman–Crippen LogP) is 3.73. The molecule has 22 heavy (non-hydrogen) atoms. The van der Waals surface area contributed by atoms with Gasteiger partial charge in [-0.2, -0.15) is 0 Å². The fourth-order valence-electron chi connectivity index (χ4n) is 1.79. The van der Waals surface area contributed by atoms with Crippen LogP contribution in [0.25, 0.3) is 0 Å². The molecule has 0 fully saturated rings. The van der Waals surface area contributed by atoms with E-state index in [1.807, 2.05) is 20.8 Å². The molecule has 0 heterocycles. The van der Waals surface area contributed by atoms with Gasteiger partial charge in [-0.3, -0.25) is 4.79 Å². The van der Waals surface area contributed by atoms with E-state index >= 15 is 0 Å². The number of hydrogen-bond donors (Lipinski definition) is 1. The Bertz CT molecular complexity index is 290. The van der Waals surface area contributed by atoms with Crippen LogP contribution in [-0.2, 0) is 14.3 Å². The van der Waals surface area contributed by atoms with E-state index < -0.39 is 0 Å². The van der Waals surface area contributed by atoms with Crippen molar-refractivity contribution in [1.82, 2.24) is 5.32 Å². The van der Waals surface area contributed by atoms with Gasteiger partial charge in [0.25, 0.3) is 0 Å². The third-order valence-electron chi connectivity index (χ3n) is 3.03. The Kier molecular flexibility index (Phi) is 10.9. The number of unbranched alkanes of at least 4 members (excludes halogenated alkanes) is 2. The first-order valence-corrected chi connectivity index (χ1v) is 8.58. The Labute approximate surface area is 137 Å². The highest BCUT2D eigenvalue weighted by Gasteiger charge is 2.12. The van der Waals surface area contributed by atoms with Gasteiger partial charge in [-0.15, -0.1) is 0 Å². The van der Waals surface area contributed by atoms with Gasteiger partial charge in [-0.25, -0.2) is 0 Å². The average molecular weight is 315 g/mol. The van der Waals surface area contributed by atoms with Crippen molar-refractivity contribution in [3.63, 3.8) is 0 Å². The zero-order valence-electron chi connectivity index (χ0n) is 15.6. The molecule has 132 valence electrons. The van der Waals surface area contributed by atoms with Crippen LogP contribution in [0, 0.1) is 0 Å². The molecule has 0 unspecified atom stereocenters. The number of rotatable bonds is 12. The molecule has 0 bridgehead atoms. The fraction of sp³-hybridized carbons (Fsp3) is 0.944. The SMILES string of the molecule is CC(C)(C)NCCCCOCCCCC(=O)COC(C)(C)C. The summed E-state index contributed by atoms with van der Waals surface area (Å²) >= 11 is 0. The second-order valence-corrected chi connectivity index (χ2v) is 7.89. The van der Waals surface area contributed by atoms with Crippen LogP contribution in [0.4, 0.5) is 0 Å². The lowest BCUT2D eigenvalue weighted by Gasteiger charge is -2.20. The highest BCUT2D eigenvalue weighted by atomic mass is 16.5. The van der Waals surface area contributed by atoms with Crippen LogP contribution in [0.3, 0.4) is 0 Å². The van der Waals surface area contributed by atoms with E-state index in [-0.39, 0.29) is 23.5 Å². The van der Waals surface area contributed by atoms with Crippen molar-refractivity contribution in [1.29, 1.82) is 0 Å². The van der Waals surface area contributed by atoms with Crippen LogP contribution in [0.1, 0.15) is 73.6 Å². The number of ether oxygens (including phenoxy) is 2. The minimum absolute atomic E-state index is 0.183. The Morgan fingerprint density at radius 2 is 1.50 bits per heavy atom. The van der Waals surface area contributed by atoms with Gasteiger partial charge in [-0.05, 0) is 73.8 Å². The molecule has 0 aromatic heterocycles. The lowest BCUT2D eigenvalue weighted by Crippen LogP contribution is -2.36. The Morgan fingerprint density at radius 3 is 2.05 bits per heavy atom. The number of ketones is 1. The van der Waals surface area contributed by atoms with Gasteiger partial charge >= 0.3 is 0 Å². The molecule has 0 saturated carbocycles. The second-order valence-electron chi connectivity index (χ2n) is 7.89. The summed E-state index contributed by atoms with van der Waals surface area (Å²) in [6.45, 7) is 15.3. The number of nitrogens with one attached hydrogen (secondary N) is 1. The van der Waals surface area contributed by atoms with E-state index in [4.69, 9.17) is 9.47 Å². The molecule has 0 aromatic carbocycles. The maximum atomic E-state index is 11.6. The lowest BCUT2D eigenvalue weighted by molar-refractivity contribution is -0.128. The van der Waals surface area contributed by atoms with Crippen LogP contribution in [0.2, 0.25) is 0 Å². The molecule has 0 aromatic rings. The van der Waals surface area contributed by atoms with E-state index in [1.165, 1.54) is 0 Å². The van der Waals surface area contributed by atoms with Gasteiger partial charge in [0.15, 0.2) is 5.78 Å². The first kappa shape index (κ1) is 21.6. The molecule has 0 spiro atoms. The maximum Gasteiger partial charge on any atom is 0.158 e. The Balaban J connectivity index is 3.28. The topological polar surface area (TPSA) is 47.6 Å². The summed E-state index contributed by atoms with van der Waals surface area (Å²) in [4.78, 5) is 11.6. The molecule has 0 amide bonds. The molecule has 0 saturated heterocycles. The maximum absolute atomic E-state index is 11.6. The molecule has 0 rings (SSSR count). The minimum Gasteiger partial charge on any atom is -0.381 e. The van der Waals surface area contributed by atoms with Crippen molar-refractivity contribution in [2.75, 3.05) is 26.4 Å². The third kappa shape index (κ3) is 17.6. The van der Waals surface area contributed by atoms with Crippen LogP contribution < -0.4 is 5.32 Å². The van der Waals surface area contributed by atoms with Gasteiger partial charge in [0.1, 0.15) is 6.61 Å². The summed E-state index contributed by atoms with van der Waals surface area (Å²) in [5.41, 5.74) is -0.0370. The molecule has 1 N–H and O–H groups in total. The van der Waals surface area contributed by atoms with Gasteiger partial charge in [0, 0.05) is 25.2 Å². The zero-order chi connectivity index (χ0) is 17.1. The van der Waals surface area contributed by atoms with Crippen molar-refractivity contribution in [3.05, 3.63) is 0 Å². The van der Waals surface area contributed by atoms with E-state index in [0.29, 0.717) is 6.42 Å². The molecule has 0 aliphatic carbocycles. The Hall–Kier alpha value is -0.450. The molecular weight excluding hydrogens is 278 g/mol. The summed E-state index contributed by atoms with van der Waals surface area (Å²) in [5, 5.41) is 3.46. The molecule has 0 atom stereocenters. The molecule has 4 heteroatoms. The van der Waals surface area contributed by atoms with E-state index in [2.05, 4.69) is 26.1 Å². The molecule has 0 aliphatic heterocycles. The van der Waals surface area contributed by atoms with Crippen molar-refractivity contribution >= 4 is 5.78 Å². The summed E-state index contributed by atoms with van der Waals surface area (Å²) in [7, 11) is 0. The largest absolute Gasteiger partial charge is 0.381 e.